The highest BCUT2D eigenvalue weighted by molar-refractivity contribution is 5.40. The van der Waals surface area contributed by atoms with Gasteiger partial charge in [0.05, 0.1) is 18.9 Å². The molecule has 1 aromatic carbocycles. The number of rotatable bonds is 9. The Labute approximate surface area is 160 Å². The fraction of sp³-hybridized carbons (Fsp3) is 0.400. The average molecular weight is 365 g/mol. The number of nitrogens with one attached hydrogen (secondary N) is 1. The maximum Gasteiger partial charge on any atom is 0.173 e. The summed E-state index contributed by atoms with van der Waals surface area (Å²) in [5.74, 6) is 0.809. The smallest absolute Gasteiger partial charge is 0.173 e. The van der Waals surface area contributed by atoms with Crippen molar-refractivity contribution >= 4 is 0 Å². The molecule has 0 fully saturated rings. The second kappa shape index (κ2) is 8.73. The third kappa shape index (κ3) is 4.49. The fourth-order valence-electron chi connectivity index (χ4n) is 3.23. The Balaban J connectivity index is 1.83. The molecular formula is C20H27N7. The lowest BCUT2D eigenvalue weighted by molar-refractivity contribution is 0.503. The van der Waals surface area contributed by atoms with Gasteiger partial charge in [0.1, 0.15) is 0 Å². The van der Waals surface area contributed by atoms with Crippen LogP contribution < -0.4 is 5.32 Å². The van der Waals surface area contributed by atoms with Crippen LogP contribution in [-0.4, -0.2) is 36.3 Å². The van der Waals surface area contributed by atoms with Crippen molar-refractivity contribution in [3.8, 4) is 0 Å². The van der Waals surface area contributed by atoms with Gasteiger partial charge in [-0.25, -0.2) is 9.67 Å². The molecule has 0 saturated carbocycles. The van der Waals surface area contributed by atoms with Crippen molar-refractivity contribution in [3.05, 3.63) is 71.6 Å². The quantitative estimate of drug-likeness (QED) is 0.466. The van der Waals surface area contributed by atoms with Gasteiger partial charge in [-0.2, -0.15) is 0 Å². The van der Waals surface area contributed by atoms with E-state index in [0.29, 0.717) is 6.54 Å². The number of tetrazole rings is 1. The predicted octanol–water partition coefficient (Wildman–Crippen LogP) is 2.75. The van der Waals surface area contributed by atoms with Gasteiger partial charge in [-0.15, -0.1) is 11.7 Å². The van der Waals surface area contributed by atoms with Crippen LogP contribution in [0.15, 0.2) is 43.5 Å². The lowest BCUT2D eigenvalue weighted by Crippen LogP contribution is -2.28. The van der Waals surface area contributed by atoms with Crippen LogP contribution in [0.5, 0.6) is 0 Å². The zero-order valence-electron chi connectivity index (χ0n) is 16.3. The monoisotopic (exact) mass is 365 g/mol. The van der Waals surface area contributed by atoms with Gasteiger partial charge in [-0.1, -0.05) is 18.2 Å². The minimum Gasteiger partial charge on any atom is -0.337 e. The lowest BCUT2D eigenvalue weighted by atomic mass is 9.95. The molecule has 0 bridgehead atoms. The molecule has 1 unspecified atom stereocenters. The fourth-order valence-corrected chi connectivity index (χ4v) is 3.23. The Kier molecular flexibility index (Phi) is 6.13. The molecule has 3 aromatic rings. The van der Waals surface area contributed by atoms with E-state index in [1.54, 1.807) is 10.9 Å². The standard InChI is InChI=1S/C20H27N7/c1-5-9-27-20(23-24-25-27)19(18-13-16(3)15(2)12-17(18)4)22-7-6-10-26-11-8-21-14-26/h5,8,11-14,19,22H,1,6-7,9-10H2,2-4H3. The van der Waals surface area contributed by atoms with Gasteiger partial charge in [0.15, 0.2) is 5.82 Å². The molecule has 2 aromatic heterocycles. The third-order valence-corrected chi connectivity index (χ3v) is 4.81. The molecule has 7 heteroatoms. The first-order valence-corrected chi connectivity index (χ1v) is 9.24. The van der Waals surface area contributed by atoms with Crippen molar-refractivity contribution in [1.82, 2.24) is 35.1 Å². The van der Waals surface area contributed by atoms with Gasteiger partial charge < -0.3 is 9.88 Å². The van der Waals surface area contributed by atoms with E-state index >= 15 is 0 Å². The van der Waals surface area contributed by atoms with Gasteiger partial charge >= 0.3 is 0 Å². The van der Waals surface area contributed by atoms with E-state index in [-0.39, 0.29) is 6.04 Å². The second-order valence-corrected chi connectivity index (χ2v) is 6.84. The molecule has 0 aliphatic heterocycles. The van der Waals surface area contributed by atoms with E-state index in [9.17, 15) is 0 Å². The van der Waals surface area contributed by atoms with Gasteiger partial charge in [0.2, 0.25) is 0 Å². The molecule has 0 saturated heterocycles. The molecule has 142 valence electrons. The highest BCUT2D eigenvalue weighted by atomic mass is 15.5. The first-order chi connectivity index (χ1) is 13.1. The molecule has 0 radical (unpaired) electrons. The molecule has 7 nitrogen and oxygen atoms in total. The normalized spacial score (nSPS) is 12.3. The molecule has 1 N–H and O–H groups in total. The number of allylic oxidation sites excluding steroid dienone is 1. The SMILES string of the molecule is C=CCn1nnnc1C(NCCCn1ccnc1)c1cc(C)c(C)cc1C. The van der Waals surface area contributed by atoms with Crippen LogP contribution in [0.4, 0.5) is 0 Å². The summed E-state index contributed by atoms with van der Waals surface area (Å²) in [7, 11) is 0. The molecule has 2 heterocycles. The Bertz CT molecular complexity index is 880. The summed E-state index contributed by atoms with van der Waals surface area (Å²) in [6.07, 6.45) is 8.42. The van der Waals surface area contributed by atoms with E-state index in [2.05, 4.69) is 69.9 Å². The van der Waals surface area contributed by atoms with Crippen molar-refractivity contribution < 1.29 is 0 Å². The van der Waals surface area contributed by atoms with Crippen molar-refractivity contribution in [2.24, 2.45) is 0 Å². The van der Waals surface area contributed by atoms with Crippen LogP contribution in [0.3, 0.4) is 0 Å². The summed E-state index contributed by atoms with van der Waals surface area (Å²) in [5.41, 5.74) is 5.00. The summed E-state index contributed by atoms with van der Waals surface area (Å²) >= 11 is 0. The number of nitrogens with zero attached hydrogens (tertiary/aromatic N) is 6. The number of aryl methyl sites for hydroxylation is 4. The summed E-state index contributed by atoms with van der Waals surface area (Å²) < 4.78 is 3.88. The summed E-state index contributed by atoms with van der Waals surface area (Å²) in [6.45, 7) is 12.6. The molecule has 0 spiro atoms. The van der Waals surface area contributed by atoms with Crippen LogP contribution >= 0.6 is 0 Å². The Morgan fingerprint density at radius 2 is 2.00 bits per heavy atom. The van der Waals surface area contributed by atoms with Crippen molar-refractivity contribution in [2.45, 2.75) is 46.3 Å². The zero-order valence-corrected chi connectivity index (χ0v) is 16.3. The number of imidazole rings is 1. The first kappa shape index (κ1) is 19.0. The first-order valence-electron chi connectivity index (χ1n) is 9.24. The third-order valence-electron chi connectivity index (χ3n) is 4.81. The topological polar surface area (TPSA) is 73.5 Å². The molecule has 3 rings (SSSR count). The molecular weight excluding hydrogens is 338 g/mol. The zero-order chi connectivity index (χ0) is 19.2. The highest BCUT2D eigenvalue weighted by Gasteiger charge is 2.22. The lowest BCUT2D eigenvalue weighted by Gasteiger charge is -2.21. The summed E-state index contributed by atoms with van der Waals surface area (Å²) in [5, 5.41) is 16.0. The van der Waals surface area contributed by atoms with Crippen LogP contribution in [0.1, 0.15) is 40.5 Å². The van der Waals surface area contributed by atoms with Crippen molar-refractivity contribution in [2.75, 3.05) is 6.54 Å². The number of benzene rings is 1. The van der Waals surface area contributed by atoms with Crippen molar-refractivity contribution in [1.29, 1.82) is 0 Å². The largest absolute Gasteiger partial charge is 0.337 e. The average Bonchev–Trinajstić information content (AvgIpc) is 3.31. The second-order valence-electron chi connectivity index (χ2n) is 6.84. The van der Waals surface area contributed by atoms with Crippen LogP contribution in [0, 0.1) is 20.8 Å². The van der Waals surface area contributed by atoms with Crippen LogP contribution in [0.25, 0.3) is 0 Å². The molecule has 27 heavy (non-hydrogen) atoms. The van der Waals surface area contributed by atoms with E-state index < -0.39 is 0 Å². The molecule has 1 atom stereocenters. The Hall–Kier alpha value is -2.80. The van der Waals surface area contributed by atoms with Gasteiger partial charge in [-0.05, 0) is 66.4 Å². The van der Waals surface area contributed by atoms with E-state index in [1.165, 1.54) is 22.3 Å². The predicted molar refractivity (Wildman–Crippen MR) is 105 cm³/mol. The number of aromatic nitrogens is 6. The minimum atomic E-state index is -0.0676. The van der Waals surface area contributed by atoms with Crippen LogP contribution in [0.2, 0.25) is 0 Å². The maximum atomic E-state index is 4.31. The van der Waals surface area contributed by atoms with Crippen molar-refractivity contribution in [3.63, 3.8) is 0 Å². The summed E-state index contributed by atoms with van der Waals surface area (Å²) in [6, 6.07) is 4.40. The Morgan fingerprint density at radius 1 is 1.19 bits per heavy atom. The molecule has 0 amide bonds. The Morgan fingerprint density at radius 3 is 2.74 bits per heavy atom. The van der Waals surface area contributed by atoms with Gasteiger partial charge in [-0.3, -0.25) is 0 Å². The van der Waals surface area contributed by atoms with Crippen LogP contribution in [-0.2, 0) is 13.1 Å². The number of hydrogen-bond acceptors (Lipinski definition) is 5. The molecule has 0 aliphatic rings. The highest BCUT2D eigenvalue weighted by Crippen LogP contribution is 2.26. The van der Waals surface area contributed by atoms with E-state index in [0.717, 1.165) is 25.3 Å². The minimum absolute atomic E-state index is 0.0676. The maximum absolute atomic E-state index is 4.31. The van der Waals surface area contributed by atoms with Gasteiger partial charge in [0.25, 0.3) is 0 Å². The van der Waals surface area contributed by atoms with Gasteiger partial charge in [0, 0.05) is 18.9 Å². The summed E-state index contributed by atoms with van der Waals surface area (Å²) in [4.78, 5) is 4.09. The molecule has 0 aliphatic carbocycles. The van der Waals surface area contributed by atoms with E-state index in [4.69, 9.17) is 0 Å². The van der Waals surface area contributed by atoms with E-state index in [1.807, 2.05) is 18.6 Å². The number of hydrogen-bond donors (Lipinski definition) is 1.